The maximum Gasteiger partial charge on any atom is 0.0547 e. The van der Waals surface area contributed by atoms with Crippen molar-refractivity contribution in [3.05, 3.63) is 253 Å². The van der Waals surface area contributed by atoms with Crippen LogP contribution in [0.5, 0.6) is 0 Å². The highest BCUT2D eigenvalue weighted by atomic mass is 15.1. The zero-order valence-corrected chi connectivity index (χ0v) is 39.3. The van der Waals surface area contributed by atoms with Crippen LogP contribution in [0.4, 0.5) is 34.1 Å². The molecule has 0 spiro atoms. The van der Waals surface area contributed by atoms with Crippen molar-refractivity contribution >= 4 is 88.0 Å². The third-order valence-corrected chi connectivity index (χ3v) is 15.0. The van der Waals surface area contributed by atoms with Crippen LogP contribution in [0.15, 0.2) is 231 Å². The molecule has 0 aliphatic heterocycles. The number of benzene rings is 12. The molecule has 0 atom stereocenters. The van der Waals surface area contributed by atoms with Gasteiger partial charge in [-0.25, -0.2) is 0 Å². The van der Waals surface area contributed by atoms with Gasteiger partial charge >= 0.3 is 0 Å². The SMILES string of the molecule is Cc1cc2ccc3c(c2cc1-c1ccc(N(c2ccccc2)c2cccc4ccccc24)c2c1c(C)cc1ccccc12)-c1ccc(N(c2ccccc2)c2cccc4ccccc24)cc1C3(C)C. The van der Waals surface area contributed by atoms with E-state index in [4.69, 9.17) is 0 Å². The number of nitrogens with zero attached hydrogens (tertiary/aromatic N) is 2. The second kappa shape index (κ2) is 15.8. The van der Waals surface area contributed by atoms with E-state index < -0.39 is 0 Å². The van der Waals surface area contributed by atoms with E-state index in [1.807, 2.05) is 0 Å². The second-order valence-electron chi connectivity index (χ2n) is 19.4. The molecule has 0 saturated carbocycles. The lowest BCUT2D eigenvalue weighted by atomic mass is 9.81. The van der Waals surface area contributed by atoms with E-state index in [0.29, 0.717) is 0 Å². The Labute approximate surface area is 404 Å². The Morgan fingerprint density at radius 3 is 1.52 bits per heavy atom. The molecule has 12 aromatic carbocycles. The standard InChI is InChI=1S/C67H50N2/c1-43-39-48-33-37-59-65(56-35-34-51(41-60(56)67(59,3)4)68(49-24-7-5-8-25-49)61-31-17-22-45-19-11-14-28-52(45)61)58(48)42-57(43)55-36-38-63(66-54-30-16-13-21-47(54)40-44(2)64(55)66)69(50-26-9-6-10-27-50)62-32-18-23-46-20-12-15-29-53(46)62/h5-42H,1-4H3. The Hall–Kier alpha value is -8.46. The minimum Gasteiger partial charge on any atom is -0.310 e. The van der Waals surface area contributed by atoms with Gasteiger partial charge in [0.05, 0.1) is 17.1 Å². The molecule has 1 aliphatic rings. The van der Waals surface area contributed by atoms with Gasteiger partial charge in [0.25, 0.3) is 0 Å². The highest BCUT2D eigenvalue weighted by Crippen LogP contribution is 2.55. The molecule has 0 amide bonds. The molecule has 0 bridgehead atoms. The van der Waals surface area contributed by atoms with Crippen molar-refractivity contribution in [2.24, 2.45) is 0 Å². The molecule has 2 heteroatoms. The summed E-state index contributed by atoms with van der Waals surface area (Å²) in [5, 5.41) is 12.5. The minimum absolute atomic E-state index is 0.229. The summed E-state index contributed by atoms with van der Waals surface area (Å²) in [6.07, 6.45) is 0. The first-order valence-electron chi connectivity index (χ1n) is 24.2. The Kier molecular flexibility index (Phi) is 9.36. The maximum absolute atomic E-state index is 2.51. The molecule has 0 unspecified atom stereocenters. The van der Waals surface area contributed by atoms with Gasteiger partial charge in [0.2, 0.25) is 0 Å². The molecule has 0 radical (unpaired) electrons. The number of fused-ring (bicyclic) bond motifs is 10. The van der Waals surface area contributed by atoms with Crippen LogP contribution < -0.4 is 9.80 Å². The Morgan fingerprint density at radius 1 is 0.304 bits per heavy atom. The van der Waals surface area contributed by atoms with Gasteiger partial charge < -0.3 is 9.80 Å². The number of anilines is 6. The number of rotatable bonds is 7. The number of aryl methyl sites for hydroxylation is 2. The molecule has 13 rings (SSSR count). The lowest BCUT2D eigenvalue weighted by Crippen LogP contribution is -2.16. The summed E-state index contributed by atoms with van der Waals surface area (Å²) in [6.45, 7) is 9.40. The van der Waals surface area contributed by atoms with E-state index in [9.17, 15) is 0 Å². The molecule has 12 aromatic rings. The average Bonchev–Trinajstić information content (AvgIpc) is 3.62. The van der Waals surface area contributed by atoms with Crippen molar-refractivity contribution in [3.63, 3.8) is 0 Å². The first-order valence-corrected chi connectivity index (χ1v) is 24.2. The van der Waals surface area contributed by atoms with E-state index in [-0.39, 0.29) is 5.41 Å². The average molecular weight is 883 g/mol. The second-order valence-corrected chi connectivity index (χ2v) is 19.4. The van der Waals surface area contributed by atoms with E-state index in [2.05, 4.69) is 268 Å². The molecule has 328 valence electrons. The predicted octanol–water partition coefficient (Wildman–Crippen LogP) is 19.0. The molecular weight excluding hydrogens is 833 g/mol. The van der Waals surface area contributed by atoms with Crippen LogP contribution in [0.3, 0.4) is 0 Å². The third-order valence-electron chi connectivity index (χ3n) is 15.0. The summed E-state index contributed by atoms with van der Waals surface area (Å²) < 4.78 is 0. The predicted molar refractivity (Wildman–Crippen MR) is 296 cm³/mol. The van der Waals surface area contributed by atoms with Gasteiger partial charge in [-0.15, -0.1) is 0 Å². The largest absolute Gasteiger partial charge is 0.310 e. The van der Waals surface area contributed by atoms with Gasteiger partial charge in [-0.3, -0.25) is 0 Å². The Morgan fingerprint density at radius 2 is 0.841 bits per heavy atom. The monoisotopic (exact) mass is 882 g/mol. The first-order chi connectivity index (χ1) is 33.8. The summed E-state index contributed by atoms with van der Waals surface area (Å²) in [5.74, 6) is 0. The molecule has 0 aromatic heterocycles. The summed E-state index contributed by atoms with van der Waals surface area (Å²) >= 11 is 0. The quantitative estimate of drug-likeness (QED) is 0.147. The molecule has 69 heavy (non-hydrogen) atoms. The highest BCUT2D eigenvalue weighted by Gasteiger charge is 2.37. The van der Waals surface area contributed by atoms with Crippen molar-refractivity contribution in [2.45, 2.75) is 33.1 Å². The molecule has 2 nitrogen and oxygen atoms in total. The van der Waals surface area contributed by atoms with Crippen LogP contribution in [-0.2, 0) is 5.41 Å². The molecule has 0 heterocycles. The summed E-state index contributed by atoms with van der Waals surface area (Å²) in [5.41, 5.74) is 17.1. The number of para-hydroxylation sites is 2. The van der Waals surface area contributed by atoms with Gasteiger partial charge in [-0.1, -0.05) is 184 Å². The fraction of sp³-hybridized carbons (Fsp3) is 0.0746. The van der Waals surface area contributed by atoms with Crippen LogP contribution in [0, 0.1) is 13.8 Å². The van der Waals surface area contributed by atoms with Gasteiger partial charge in [0.1, 0.15) is 0 Å². The van der Waals surface area contributed by atoms with E-state index in [1.54, 1.807) is 0 Å². The zero-order valence-electron chi connectivity index (χ0n) is 39.3. The van der Waals surface area contributed by atoms with Crippen LogP contribution >= 0.6 is 0 Å². The molecular formula is C67H50N2. The van der Waals surface area contributed by atoms with Crippen LogP contribution in [-0.4, -0.2) is 0 Å². The minimum atomic E-state index is -0.229. The van der Waals surface area contributed by atoms with E-state index in [1.165, 1.54) is 104 Å². The van der Waals surface area contributed by atoms with Crippen molar-refractivity contribution in [1.29, 1.82) is 0 Å². The smallest absolute Gasteiger partial charge is 0.0547 e. The normalized spacial score (nSPS) is 12.8. The topological polar surface area (TPSA) is 6.48 Å². The van der Waals surface area contributed by atoms with Crippen molar-refractivity contribution in [1.82, 2.24) is 0 Å². The van der Waals surface area contributed by atoms with Crippen LogP contribution in [0.2, 0.25) is 0 Å². The zero-order chi connectivity index (χ0) is 46.4. The van der Waals surface area contributed by atoms with Gasteiger partial charge in [-0.05, 0) is 157 Å². The summed E-state index contributed by atoms with van der Waals surface area (Å²) in [7, 11) is 0. The number of hydrogen-bond donors (Lipinski definition) is 0. The van der Waals surface area contributed by atoms with Crippen LogP contribution in [0.1, 0.15) is 36.1 Å². The van der Waals surface area contributed by atoms with Gasteiger partial charge in [0, 0.05) is 38.6 Å². The highest BCUT2D eigenvalue weighted by molar-refractivity contribution is 6.21. The first kappa shape index (κ1) is 40.8. The Balaban J connectivity index is 1.03. The van der Waals surface area contributed by atoms with Crippen molar-refractivity contribution in [2.75, 3.05) is 9.80 Å². The van der Waals surface area contributed by atoms with Gasteiger partial charge in [0.15, 0.2) is 0 Å². The van der Waals surface area contributed by atoms with Crippen LogP contribution in [0.25, 0.3) is 76.1 Å². The van der Waals surface area contributed by atoms with E-state index in [0.717, 1.165) is 28.4 Å². The third kappa shape index (κ3) is 6.40. The van der Waals surface area contributed by atoms with Crippen molar-refractivity contribution < 1.29 is 0 Å². The van der Waals surface area contributed by atoms with E-state index >= 15 is 0 Å². The molecule has 1 aliphatic carbocycles. The lowest BCUT2D eigenvalue weighted by Gasteiger charge is -2.29. The summed E-state index contributed by atoms with van der Waals surface area (Å²) in [6, 6.07) is 85.4. The molecule has 0 fully saturated rings. The molecule has 0 saturated heterocycles. The molecule has 0 N–H and O–H groups in total. The number of hydrogen-bond acceptors (Lipinski definition) is 2. The fourth-order valence-electron chi connectivity index (χ4n) is 11.8. The fourth-order valence-corrected chi connectivity index (χ4v) is 11.8. The maximum atomic E-state index is 2.51. The van der Waals surface area contributed by atoms with Crippen molar-refractivity contribution in [3.8, 4) is 22.3 Å². The summed E-state index contributed by atoms with van der Waals surface area (Å²) in [4.78, 5) is 4.91. The Bertz CT molecular complexity index is 4010. The van der Waals surface area contributed by atoms with Gasteiger partial charge in [-0.2, -0.15) is 0 Å². The lowest BCUT2D eigenvalue weighted by molar-refractivity contribution is 0.661.